The van der Waals surface area contributed by atoms with Gasteiger partial charge >= 0.3 is 0 Å². The van der Waals surface area contributed by atoms with Crippen LogP contribution in [0.3, 0.4) is 0 Å². The van der Waals surface area contributed by atoms with Crippen molar-refractivity contribution in [3.63, 3.8) is 0 Å². The normalized spacial score (nSPS) is 17.6. The van der Waals surface area contributed by atoms with E-state index in [1.807, 2.05) is 18.2 Å². The summed E-state index contributed by atoms with van der Waals surface area (Å²) >= 11 is 5.98. The van der Waals surface area contributed by atoms with Crippen molar-refractivity contribution in [1.82, 2.24) is 4.72 Å². The Kier molecular flexibility index (Phi) is 4.25. The Bertz CT molecular complexity index is 956. The number of ether oxygens (including phenoxy) is 3. The minimum absolute atomic E-state index is 0.0244. The number of hydrogen-bond acceptors (Lipinski definition) is 5. The van der Waals surface area contributed by atoms with Gasteiger partial charge in [-0.15, -0.1) is 0 Å². The second-order valence-electron chi connectivity index (χ2n) is 6.34. The third-order valence-corrected chi connectivity index (χ3v) is 6.38. The fourth-order valence-corrected chi connectivity index (χ4v) is 4.97. The monoisotopic (exact) mass is 395 g/mol. The zero-order valence-electron chi connectivity index (χ0n) is 14.1. The second kappa shape index (κ2) is 6.33. The summed E-state index contributed by atoms with van der Waals surface area (Å²) in [4.78, 5) is 0.0244. The van der Waals surface area contributed by atoms with Gasteiger partial charge in [0.1, 0.15) is 23.9 Å². The van der Waals surface area contributed by atoms with Gasteiger partial charge in [0.05, 0.1) is 12.6 Å². The van der Waals surface area contributed by atoms with Crippen LogP contribution in [-0.2, 0) is 15.6 Å². The quantitative estimate of drug-likeness (QED) is 0.842. The van der Waals surface area contributed by atoms with Crippen molar-refractivity contribution in [2.24, 2.45) is 0 Å². The van der Waals surface area contributed by atoms with Crippen molar-refractivity contribution >= 4 is 21.6 Å². The largest absolute Gasteiger partial charge is 0.495 e. The molecule has 2 aliphatic rings. The Hall–Kier alpha value is -1.96. The smallest absolute Gasteiger partial charge is 0.245 e. The summed E-state index contributed by atoms with van der Waals surface area (Å²) in [5.74, 6) is 1.56. The van der Waals surface area contributed by atoms with Crippen LogP contribution in [0, 0.1) is 0 Å². The molecule has 1 fully saturated rings. The van der Waals surface area contributed by atoms with Crippen LogP contribution in [0.4, 0.5) is 0 Å². The molecule has 1 saturated carbocycles. The molecule has 0 atom stereocenters. The maximum atomic E-state index is 13.0. The average Bonchev–Trinajstić information content (AvgIpc) is 3.41. The van der Waals surface area contributed by atoms with Crippen molar-refractivity contribution < 1.29 is 22.6 Å². The number of methoxy groups -OCH3 is 1. The molecule has 0 aromatic heterocycles. The van der Waals surface area contributed by atoms with E-state index in [0.717, 1.165) is 5.56 Å². The predicted molar refractivity (Wildman–Crippen MR) is 96.7 cm³/mol. The number of fused-ring (bicyclic) bond motifs is 1. The number of rotatable bonds is 5. The standard InChI is InChI=1S/C18H18ClNO5S/c1-23-15-5-3-13(19)11-17(15)26(21,22)20-18(6-7-18)12-2-4-14-16(10-12)25-9-8-24-14/h2-5,10-11,20H,6-9H2,1H3. The SMILES string of the molecule is COc1ccc(Cl)cc1S(=O)(=O)NC1(c2ccc3c(c2)OCCO3)CC1. The third-order valence-electron chi connectivity index (χ3n) is 4.59. The van der Waals surface area contributed by atoms with Gasteiger partial charge in [-0.3, -0.25) is 0 Å². The van der Waals surface area contributed by atoms with Gasteiger partial charge in [-0.2, -0.15) is 0 Å². The molecule has 0 unspecified atom stereocenters. The first-order chi connectivity index (χ1) is 12.4. The van der Waals surface area contributed by atoms with Crippen molar-refractivity contribution in [3.8, 4) is 17.2 Å². The number of hydrogen-bond donors (Lipinski definition) is 1. The van der Waals surface area contributed by atoms with Crippen LogP contribution >= 0.6 is 11.6 Å². The number of sulfonamides is 1. The molecule has 0 radical (unpaired) electrons. The van der Waals surface area contributed by atoms with Crippen LogP contribution < -0.4 is 18.9 Å². The summed E-state index contributed by atoms with van der Waals surface area (Å²) in [5.41, 5.74) is 0.202. The molecule has 1 aliphatic heterocycles. The van der Waals surface area contributed by atoms with E-state index in [4.69, 9.17) is 25.8 Å². The lowest BCUT2D eigenvalue weighted by Gasteiger charge is -2.23. The Morgan fingerprint density at radius 1 is 1.08 bits per heavy atom. The van der Waals surface area contributed by atoms with Gasteiger partial charge in [-0.05, 0) is 48.7 Å². The van der Waals surface area contributed by atoms with Crippen molar-refractivity contribution in [3.05, 3.63) is 47.0 Å². The number of nitrogens with one attached hydrogen (secondary N) is 1. The van der Waals surface area contributed by atoms with Crippen molar-refractivity contribution in [2.45, 2.75) is 23.3 Å². The first kappa shape index (κ1) is 17.5. The highest BCUT2D eigenvalue weighted by molar-refractivity contribution is 7.89. The van der Waals surface area contributed by atoms with Gasteiger partial charge in [0.25, 0.3) is 0 Å². The molecule has 0 bridgehead atoms. The molecule has 1 heterocycles. The van der Waals surface area contributed by atoms with Gasteiger partial charge < -0.3 is 14.2 Å². The fraction of sp³-hybridized carbons (Fsp3) is 0.333. The highest BCUT2D eigenvalue weighted by Crippen LogP contribution is 2.49. The minimum atomic E-state index is -3.82. The lowest BCUT2D eigenvalue weighted by Crippen LogP contribution is -2.35. The van der Waals surface area contributed by atoms with E-state index in [9.17, 15) is 8.42 Å². The summed E-state index contributed by atoms with van der Waals surface area (Å²) in [6, 6.07) is 10.1. The zero-order valence-corrected chi connectivity index (χ0v) is 15.7. The molecule has 1 N–H and O–H groups in total. The van der Waals surface area contributed by atoms with E-state index < -0.39 is 15.6 Å². The van der Waals surface area contributed by atoms with E-state index in [1.54, 1.807) is 12.1 Å². The Morgan fingerprint density at radius 3 is 2.50 bits per heavy atom. The van der Waals surface area contributed by atoms with Crippen LogP contribution in [0.25, 0.3) is 0 Å². The number of benzene rings is 2. The molecule has 1 aliphatic carbocycles. The summed E-state index contributed by atoms with van der Waals surface area (Å²) in [6.45, 7) is 0.994. The lowest BCUT2D eigenvalue weighted by atomic mass is 10.1. The maximum Gasteiger partial charge on any atom is 0.245 e. The molecule has 8 heteroatoms. The van der Waals surface area contributed by atoms with Gasteiger partial charge in [0.15, 0.2) is 11.5 Å². The lowest BCUT2D eigenvalue weighted by molar-refractivity contribution is 0.171. The van der Waals surface area contributed by atoms with E-state index in [1.165, 1.54) is 13.2 Å². The maximum absolute atomic E-state index is 13.0. The van der Waals surface area contributed by atoms with E-state index in [-0.39, 0.29) is 10.6 Å². The summed E-state index contributed by atoms with van der Waals surface area (Å²) in [5, 5.41) is 0.329. The molecule has 138 valence electrons. The topological polar surface area (TPSA) is 73.9 Å². The van der Waals surface area contributed by atoms with Crippen LogP contribution in [0.2, 0.25) is 5.02 Å². The molecule has 4 rings (SSSR count). The highest BCUT2D eigenvalue weighted by Gasteiger charge is 2.48. The summed E-state index contributed by atoms with van der Waals surface area (Å²) < 4.78 is 45.1. The van der Waals surface area contributed by atoms with Crippen LogP contribution in [0.5, 0.6) is 17.2 Å². The summed E-state index contributed by atoms with van der Waals surface area (Å²) in [7, 11) is -2.40. The van der Waals surface area contributed by atoms with Crippen molar-refractivity contribution in [2.75, 3.05) is 20.3 Å². The third kappa shape index (κ3) is 3.11. The average molecular weight is 396 g/mol. The predicted octanol–water partition coefficient (Wildman–Crippen LogP) is 3.09. The Balaban J connectivity index is 1.67. The van der Waals surface area contributed by atoms with E-state index in [0.29, 0.717) is 42.6 Å². The van der Waals surface area contributed by atoms with Gasteiger partial charge in [-0.25, -0.2) is 13.1 Å². The zero-order chi connectivity index (χ0) is 18.4. The first-order valence-corrected chi connectivity index (χ1v) is 10.1. The van der Waals surface area contributed by atoms with Crippen LogP contribution in [0.1, 0.15) is 18.4 Å². The highest BCUT2D eigenvalue weighted by atomic mass is 35.5. The van der Waals surface area contributed by atoms with E-state index >= 15 is 0 Å². The van der Waals surface area contributed by atoms with Crippen LogP contribution in [0.15, 0.2) is 41.3 Å². The Morgan fingerprint density at radius 2 is 1.81 bits per heavy atom. The minimum Gasteiger partial charge on any atom is -0.495 e. The molecule has 26 heavy (non-hydrogen) atoms. The van der Waals surface area contributed by atoms with Gasteiger partial charge in [0.2, 0.25) is 10.0 Å². The number of halogens is 1. The fourth-order valence-electron chi connectivity index (χ4n) is 3.09. The molecule has 2 aromatic carbocycles. The second-order valence-corrected chi connectivity index (χ2v) is 8.43. The Labute approximate surface area is 157 Å². The molecular weight excluding hydrogens is 378 g/mol. The van der Waals surface area contributed by atoms with Gasteiger partial charge in [0, 0.05) is 5.02 Å². The molecule has 0 saturated heterocycles. The van der Waals surface area contributed by atoms with Crippen LogP contribution in [-0.4, -0.2) is 28.7 Å². The summed E-state index contributed by atoms with van der Waals surface area (Å²) in [6.07, 6.45) is 1.41. The van der Waals surface area contributed by atoms with Crippen molar-refractivity contribution in [1.29, 1.82) is 0 Å². The molecular formula is C18H18ClNO5S. The molecule has 6 nitrogen and oxygen atoms in total. The van der Waals surface area contributed by atoms with Gasteiger partial charge in [-0.1, -0.05) is 17.7 Å². The molecule has 2 aromatic rings. The molecule has 0 spiro atoms. The molecule has 0 amide bonds. The first-order valence-electron chi connectivity index (χ1n) is 8.21. The van der Waals surface area contributed by atoms with E-state index in [2.05, 4.69) is 4.72 Å².